The number of carbonyl (C=O) groups is 1. The first-order valence-electron chi connectivity index (χ1n) is 8.83. The zero-order valence-electron chi connectivity index (χ0n) is 14.6. The van der Waals surface area contributed by atoms with Gasteiger partial charge in [0.05, 0.1) is 30.4 Å². The molecule has 6 atom stereocenters. The fourth-order valence-corrected chi connectivity index (χ4v) is 3.89. The smallest absolute Gasteiger partial charge is 0.407 e. The molecule has 23 heavy (non-hydrogen) atoms. The Labute approximate surface area is 138 Å². The number of alkyl carbamates (subject to hydrolysis) is 1. The van der Waals surface area contributed by atoms with Crippen LogP contribution in [-0.4, -0.2) is 55.2 Å². The summed E-state index contributed by atoms with van der Waals surface area (Å²) < 4.78 is 17.1. The Morgan fingerprint density at radius 3 is 2.65 bits per heavy atom. The molecule has 6 nitrogen and oxygen atoms in total. The lowest BCUT2D eigenvalue weighted by Crippen LogP contribution is -2.70. The number of nitrogens with one attached hydrogen (secondary N) is 2. The van der Waals surface area contributed by atoms with Crippen LogP contribution >= 0.6 is 0 Å². The van der Waals surface area contributed by atoms with E-state index < -0.39 is 5.60 Å². The average Bonchev–Trinajstić information content (AvgIpc) is 3.02. The maximum absolute atomic E-state index is 12.1. The van der Waals surface area contributed by atoms with E-state index >= 15 is 0 Å². The van der Waals surface area contributed by atoms with Gasteiger partial charge in [0.15, 0.2) is 0 Å². The molecule has 0 radical (unpaired) electrons. The van der Waals surface area contributed by atoms with Crippen LogP contribution in [0.15, 0.2) is 0 Å². The lowest BCUT2D eigenvalue weighted by atomic mass is 9.71. The maximum atomic E-state index is 12.1. The topological polar surface area (TPSA) is 68.8 Å². The number of rotatable bonds is 4. The summed E-state index contributed by atoms with van der Waals surface area (Å²) in [6, 6.07) is 0.228. The molecule has 3 aliphatic rings. The molecule has 0 aromatic carbocycles. The summed E-state index contributed by atoms with van der Waals surface area (Å²) in [6.07, 6.45) is 3.71. The number of ether oxygens (including phenoxy) is 3. The molecule has 132 valence electrons. The molecule has 2 saturated heterocycles. The van der Waals surface area contributed by atoms with Crippen LogP contribution in [0.1, 0.15) is 47.0 Å². The van der Waals surface area contributed by atoms with Gasteiger partial charge in [0.2, 0.25) is 0 Å². The quantitative estimate of drug-likeness (QED) is 0.825. The minimum atomic E-state index is -0.476. The van der Waals surface area contributed by atoms with E-state index in [0.717, 1.165) is 32.4 Å². The number of amides is 1. The summed E-state index contributed by atoms with van der Waals surface area (Å²) >= 11 is 0. The van der Waals surface area contributed by atoms with Gasteiger partial charge >= 0.3 is 6.09 Å². The molecule has 2 N–H and O–H groups in total. The van der Waals surface area contributed by atoms with Crippen molar-refractivity contribution in [3.05, 3.63) is 0 Å². The molecule has 0 spiro atoms. The van der Waals surface area contributed by atoms with Crippen LogP contribution in [0.2, 0.25) is 0 Å². The summed E-state index contributed by atoms with van der Waals surface area (Å²) in [4.78, 5) is 12.1. The fourth-order valence-electron chi connectivity index (χ4n) is 3.89. The van der Waals surface area contributed by atoms with Gasteiger partial charge in [0.25, 0.3) is 0 Å². The predicted octanol–water partition coefficient (Wildman–Crippen LogP) is 1.82. The summed E-state index contributed by atoms with van der Waals surface area (Å²) in [6.45, 7) is 9.34. The Morgan fingerprint density at radius 1 is 1.22 bits per heavy atom. The lowest BCUT2D eigenvalue weighted by Gasteiger charge is -2.48. The van der Waals surface area contributed by atoms with E-state index in [-0.39, 0.29) is 30.4 Å². The number of hydrogen-bond donors (Lipinski definition) is 2. The summed E-state index contributed by atoms with van der Waals surface area (Å²) in [5.74, 6) is 0.392. The first-order chi connectivity index (χ1) is 10.8. The van der Waals surface area contributed by atoms with E-state index in [1.54, 1.807) is 0 Å². The molecule has 0 aromatic heterocycles. The van der Waals surface area contributed by atoms with E-state index in [9.17, 15) is 4.79 Å². The first-order valence-corrected chi connectivity index (χ1v) is 8.83. The highest BCUT2D eigenvalue weighted by molar-refractivity contribution is 5.68. The second-order valence-corrected chi connectivity index (χ2v) is 8.04. The van der Waals surface area contributed by atoms with Crippen molar-refractivity contribution in [3.8, 4) is 0 Å². The maximum Gasteiger partial charge on any atom is 0.407 e. The predicted molar refractivity (Wildman–Crippen MR) is 86.4 cm³/mol. The van der Waals surface area contributed by atoms with E-state index in [2.05, 4.69) is 17.6 Å². The van der Waals surface area contributed by atoms with Gasteiger partial charge in [-0.2, -0.15) is 0 Å². The average molecular weight is 326 g/mol. The molecule has 0 aromatic rings. The molecule has 3 fully saturated rings. The largest absolute Gasteiger partial charge is 0.444 e. The third-order valence-corrected chi connectivity index (χ3v) is 4.97. The first kappa shape index (κ1) is 17.0. The number of carbonyl (C=O) groups excluding carboxylic acids is 1. The Balaban J connectivity index is 1.51. The fraction of sp³-hybridized carbons (Fsp3) is 0.941. The molecule has 6 heteroatoms. The van der Waals surface area contributed by atoms with E-state index in [1.807, 2.05) is 20.8 Å². The van der Waals surface area contributed by atoms with Gasteiger partial charge in [-0.1, -0.05) is 0 Å². The van der Waals surface area contributed by atoms with E-state index in [0.29, 0.717) is 12.0 Å². The van der Waals surface area contributed by atoms with Gasteiger partial charge in [0, 0.05) is 19.1 Å². The Hall–Kier alpha value is -0.850. The minimum absolute atomic E-state index is 0.0798. The van der Waals surface area contributed by atoms with Crippen LogP contribution in [0.5, 0.6) is 0 Å². The third kappa shape index (κ3) is 3.98. The van der Waals surface area contributed by atoms with Crippen molar-refractivity contribution in [2.45, 2.75) is 83.0 Å². The Bertz CT molecular complexity index is 437. The normalized spacial score (nSPS) is 39.7. The van der Waals surface area contributed by atoms with E-state index in [1.165, 1.54) is 0 Å². The van der Waals surface area contributed by atoms with Crippen molar-refractivity contribution in [3.63, 3.8) is 0 Å². The van der Waals surface area contributed by atoms with Gasteiger partial charge in [-0.15, -0.1) is 0 Å². The molecule has 3 rings (SSSR count). The van der Waals surface area contributed by atoms with Crippen molar-refractivity contribution < 1.29 is 19.0 Å². The highest BCUT2D eigenvalue weighted by Gasteiger charge is 2.54. The van der Waals surface area contributed by atoms with Crippen LogP contribution in [-0.2, 0) is 14.2 Å². The van der Waals surface area contributed by atoms with Crippen LogP contribution in [0.25, 0.3) is 0 Å². The molecular formula is C17H30N2O4. The zero-order chi connectivity index (χ0) is 16.6. The molecule has 6 unspecified atom stereocenters. The monoisotopic (exact) mass is 326 g/mol. The van der Waals surface area contributed by atoms with Crippen molar-refractivity contribution in [2.75, 3.05) is 13.2 Å². The van der Waals surface area contributed by atoms with Crippen LogP contribution in [0, 0.1) is 5.92 Å². The van der Waals surface area contributed by atoms with Crippen LogP contribution < -0.4 is 10.6 Å². The zero-order valence-corrected chi connectivity index (χ0v) is 14.6. The van der Waals surface area contributed by atoms with Crippen molar-refractivity contribution in [2.24, 2.45) is 5.92 Å². The standard InChI is InChI=1S/C17H30N2O4/c1-10-5-6-11(22-10)9-18-14-13(12-7-8-21-15(12)14)19-16(20)23-17(2,3)4/h10-15,18H,5-9H2,1-4H3,(H,19,20). The molecule has 1 aliphatic carbocycles. The van der Waals surface area contributed by atoms with Gasteiger partial charge in [0.1, 0.15) is 5.60 Å². The Kier molecular flexibility index (Phi) is 4.85. The lowest BCUT2D eigenvalue weighted by molar-refractivity contribution is -0.0394. The van der Waals surface area contributed by atoms with Crippen molar-refractivity contribution >= 4 is 6.09 Å². The molecule has 1 amide bonds. The number of hydrogen-bond acceptors (Lipinski definition) is 5. The third-order valence-electron chi connectivity index (χ3n) is 4.97. The molecule has 1 saturated carbocycles. The highest BCUT2D eigenvalue weighted by atomic mass is 16.6. The minimum Gasteiger partial charge on any atom is -0.444 e. The second kappa shape index (κ2) is 6.57. The summed E-state index contributed by atoms with van der Waals surface area (Å²) in [5.41, 5.74) is -0.476. The second-order valence-electron chi connectivity index (χ2n) is 8.04. The molecule has 0 bridgehead atoms. The Morgan fingerprint density at radius 2 is 2.00 bits per heavy atom. The van der Waals surface area contributed by atoms with Crippen molar-refractivity contribution in [1.82, 2.24) is 10.6 Å². The summed E-state index contributed by atoms with van der Waals surface area (Å²) in [5, 5.41) is 6.59. The molecule has 2 aliphatic heterocycles. The molecule has 2 heterocycles. The van der Waals surface area contributed by atoms with Crippen LogP contribution in [0.4, 0.5) is 4.79 Å². The van der Waals surface area contributed by atoms with Crippen molar-refractivity contribution in [1.29, 1.82) is 0 Å². The van der Waals surface area contributed by atoms with Gasteiger partial charge in [-0.05, 0) is 47.0 Å². The van der Waals surface area contributed by atoms with E-state index in [4.69, 9.17) is 14.2 Å². The summed E-state index contributed by atoms with van der Waals surface area (Å²) in [7, 11) is 0. The highest BCUT2D eigenvalue weighted by Crippen LogP contribution is 2.39. The SMILES string of the molecule is CC1CCC(CNC2C(NC(=O)OC(C)(C)C)C3CCOC32)O1. The van der Waals surface area contributed by atoms with Crippen LogP contribution in [0.3, 0.4) is 0 Å². The molecular weight excluding hydrogens is 296 g/mol. The van der Waals surface area contributed by atoms with Gasteiger partial charge in [-0.25, -0.2) is 4.79 Å². The number of fused-ring (bicyclic) bond motifs is 1. The van der Waals surface area contributed by atoms with Gasteiger partial charge in [-0.3, -0.25) is 0 Å². The van der Waals surface area contributed by atoms with Gasteiger partial charge < -0.3 is 24.8 Å².